The van der Waals surface area contributed by atoms with E-state index in [9.17, 15) is 0 Å². The van der Waals surface area contributed by atoms with Gasteiger partial charge in [0.25, 0.3) is 0 Å². The maximum absolute atomic E-state index is 5.97. The van der Waals surface area contributed by atoms with E-state index in [-0.39, 0.29) is 0 Å². The Bertz CT molecular complexity index is 480. The molecule has 0 saturated carbocycles. The first kappa shape index (κ1) is 9.21. The molecule has 3 nitrogen and oxygen atoms in total. The summed E-state index contributed by atoms with van der Waals surface area (Å²) in [5, 5.41) is 1.28. The van der Waals surface area contributed by atoms with Gasteiger partial charge in [-0.3, -0.25) is 0 Å². The molecule has 68 valence electrons. The lowest BCUT2D eigenvalue weighted by atomic mass is 10.3. The molecule has 2 rings (SSSR count). The molecule has 0 aliphatic carbocycles. The Hall–Kier alpha value is -0.360. The minimum absolute atomic E-state index is 0.465. The van der Waals surface area contributed by atoms with Crippen molar-refractivity contribution in [2.75, 3.05) is 0 Å². The van der Waals surface area contributed by atoms with Crippen LogP contribution in [0, 0.1) is 17.6 Å². The Labute approximate surface area is 93.6 Å². The van der Waals surface area contributed by atoms with E-state index in [0.29, 0.717) is 16.7 Å². The quantitative estimate of drug-likeness (QED) is 0.554. The fourth-order valence-corrected chi connectivity index (χ4v) is 1.99. The highest BCUT2D eigenvalue weighted by Gasteiger charge is 2.13. The van der Waals surface area contributed by atoms with E-state index in [1.165, 1.54) is 0 Å². The molecular formula is C8H6ClIN2O. The van der Waals surface area contributed by atoms with Gasteiger partial charge in [-0.25, -0.2) is 4.98 Å². The van der Waals surface area contributed by atoms with Crippen molar-refractivity contribution in [2.45, 2.75) is 13.8 Å². The van der Waals surface area contributed by atoms with Crippen LogP contribution in [0.15, 0.2) is 4.42 Å². The number of aryl methyl sites for hydroxylation is 2. The number of furan rings is 1. The van der Waals surface area contributed by atoms with Gasteiger partial charge in [0, 0.05) is 5.56 Å². The second-order valence-corrected chi connectivity index (χ2v) is 4.08. The van der Waals surface area contributed by atoms with Gasteiger partial charge in [-0.1, -0.05) is 11.6 Å². The van der Waals surface area contributed by atoms with E-state index in [2.05, 4.69) is 32.6 Å². The fourth-order valence-electron chi connectivity index (χ4n) is 1.16. The molecule has 0 fully saturated rings. The summed E-state index contributed by atoms with van der Waals surface area (Å²) in [6.45, 7) is 3.73. The van der Waals surface area contributed by atoms with Gasteiger partial charge in [0.05, 0.1) is 5.39 Å². The Balaban J connectivity index is 2.94. The largest absolute Gasteiger partial charge is 0.432 e. The van der Waals surface area contributed by atoms with Crippen molar-refractivity contribution < 1.29 is 4.42 Å². The number of hydrogen-bond donors (Lipinski definition) is 0. The van der Waals surface area contributed by atoms with E-state index in [4.69, 9.17) is 16.0 Å². The number of fused-ring (bicyclic) bond motifs is 1. The molecule has 0 aliphatic heterocycles. The summed E-state index contributed by atoms with van der Waals surface area (Å²) in [5.74, 6) is 0.627. The highest BCUT2D eigenvalue weighted by atomic mass is 127. The van der Waals surface area contributed by atoms with Crippen molar-refractivity contribution in [3.8, 4) is 0 Å². The summed E-state index contributed by atoms with van der Waals surface area (Å²) in [6, 6.07) is 0. The number of rotatable bonds is 0. The maximum Gasteiger partial charge on any atom is 0.232 e. The number of halogens is 2. The second kappa shape index (κ2) is 3.09. The monoisotopic (exact) mass is 308 g/mol. The summed E-state index contributed by atoms with van der Waals surface area (Å²) in [7, 11) is 0. The zero-order chi connectivity index (χ0) is 9.59. The molecule has 2 heterocycles. The van der Waals surface area contributed by atoms with Gasteiger partial charge in [0.2, 0.25) is 5.71 Å². The lowest BCUT2D eigenvalue weighted by Gasteiger charge is -1.94. The molecule has 0 spiro atoms. The minimum atomic E-state index is 0.465. The fraction of sp³-hybridized carbons (Fsp3) is 0.250. The molecule has 0 unspecified atom stereocenters. The van der Waals surface area contributed by atoms with Crippen LogP contribution in [-0.2, 0) is 0 Å². The van der Waals surface area contributed by atoms with Gasteiger partial charge < -0.3 is 4.42 Å². The van der Waals surface area contributed by atoms with Crippen LogP contribution in [0.2, 0.25) is 5.15 Å². The topological polar surface area (TPSA) is 38.9 Å². The lowest BCUT2D eigenvalue weighted by molar-refractivity contribution is 0.567. The summed E-state index contributed by atoms with van der Waals surface area (Å²) >= 11 is 8.08. The van der Waals surface area contributed by atoms with Crippen molar-refractivity contribution in [2.24, 2.45) is 0 Å². The predicted octanol–water partition coefficient (Wildman–Crippen LogP) is 3.10. The molecule has 13 heavy (non-hydrogen) atoms. The van der Waals surface area contributed by atoms with Crippen molar-refractivity contribution in [3.05, 3.63) is 20.3 Å². The smallest absolute Gasteiger partial charge is 0.232 e. The Kier molecular flexibility index (Phi) is 2.19. The summed E-state index contributed by atoms with van der Waals surface area (Å²) < 4.78 is 6.23. The molecule has 0 radical (unpaired) electrons. The highest BCUT2D eigenvalue weighted by molar-refractivity contribution is 14.1. The SMILES string of the molecule is Cc1nc(Cl)c2c(C)c(I)oc2n1. The third-order valence-electron chi connectivity index (χ3n) is 1.80. The first-order chi connectivity index (χ1) is 6.09. The minimum Gasteiger partial charge on any atom is -0.432 e. The van der Waals surface area contributed by atoms with Crippen molar-refractivity contribution in [1.82, 2.24) is 9.97 Å². The standard InChI is InChI=1S/C8H6ClIN2O/c1-3-5-6(9)11-4(2)12-8(5)13-7(3)10/h1-2H3. The van der Waals surface area contributed by atoms with Crippen LogP contribution >= 0.6 is 34.2 Å². The molecule has 5 heteroatoms. The number of hydrogen-bond acceptors (Lipinski definition) is 3. The van der Waals surface area contributed by atoms with Crippen molar-refractivity contribution >= 4 is 45.3 Å². The maximum atomic E-state index is 5.97. The van der Waals surface area contributed by atoms with Crippen LogP contribution in [0.3, 0.4) is 0 Å². The van der Waals surface area contributed by atoms with Gasteiger partial charge in [-0.15, -0.1) is 0 Å². The highest BCUT2D eigenvalue weighted by Crippen LogP contribution is 2.29. The van der Waals surface area contributed by atoms with Gasteiger partial charge in [-0.2, -0.15) is 4.98 Å². The van der Waals surface area contributed by atoms with E-state index in [0.717, 1.165) is 14.7 Å². The lowest BCUT2D eigenvalue weighted by Crippen LogP contribution is -1.87. The van der Waals surface area contributed by atoms with E-state index < -0.39 is 0 Å². The van der Waals surface area contributed by atoms with Crippen molar-refractivity contribution in [3.63, 3.8) is 0 Å². The average Bonchev–Trinajstić information content (AvgIpc) is 2.27. The van der Waals surface area contributed by atoms with Gasteiger partial charge in [0.1, 0.15) is 11.0 Å². The average molecular weight is 309 g/mol. The van der Waals surface area contributed by atoms with Crippen LogP contribution < -0.4 is 0 Å². The molecule has 0 amide bonds. The summed E-state index contributed by atoms with van der Waals surface area (Å²) in [5.41, 5.74) is 1.57. The van der Waals surface area contributed by atoms with E-state index in [1.807, 2.05) is 6.92 Å². The normalized spacial score (nSPS) is 11.1. The molecule has 0 N–H and O–H groups in total. The van der Waals surface area contributed by atoms with Crippen LogP contribution in [0.25, 0.3) is 11.1 Å². The molecule has 0 aromatic carbocycles. The first-order valence-corrected chi connectivity index (χ1v) is 5.14. The zero-order valence-electron chi connectivity index (χ0n) is 7.06. The van der Waals surface area contributed by atoms with Crippen molar-refractivity contribution in [1.29, 1.82) is 0 Å². The molecule has 0 saturated heterocycles. The van der Waals surface area contributed by atoms with Crippen LogP contribution in [0.4, 0.5) is 0 Å². The van der Waals surface area contributed by atoms with Gasteiger partial charge in [0.15, 0.2) is 3.77 Å². The van der Waals surface area contributed by atoms with Crippen LogP contribution in [-0.4, -0.2) is 9.97 Å². The molecule has 0 aliphatic rings. The molecular weight excluding hydrogens is 302 g/mol. The third kappa shape index (κ3) is 1.42. The Morgan fingerprint density at radius 2 is 2.00 bits per heavy atom. The second-order valence-electron chi connectivity index (χ2n) is 2.74. The molecule has 0 atom stereocenters. The first-order valence-electron chi connectivity index (χ1n) is 3.68. The molecule has 2 aromatic heterocycles. The van der Waals surface area contributed by atoms with Gasteiger partial charge in [-0.05, 0) is 36.4 Å². The Morgan fingerprint density at radius 3 is 2.69 bits per heavy atom. The predicted molar refractivity (Wildman–Crippen MR) is 59.0 cm³/mol. The summed E-state index contributed by atoms with van der Waals surface area (Å²) in [4.78, 5) is 8.22. The number of aromatic nitrogens is 2. The summed E-state index contributed by atoms with van der Waals surface area (Å²) in [6.07, 6.45) is 0. The number of nitrogens with zero attached hydrogens (tertiary/aromatic N) is 2. The molecule has 2 aromatic rings. The Morgan fingerprint density at radius 1 is 1.31 bits per heavy atom. The van der Waals surface area contributed by atoms with Gasteiger partial charge >= 0.3 is 0 Å². The van der Waals surface area contributed by atoms with E-state index in [1.54, 1.807) is 6.92 Å². The molecule has 0 bridgehead atoms. The zero-order valence-corrected chi connectivity index (χ0v) is 9.97. The van der Waals surface area contributed by atoms with Crippen LogP contribution in [0.1, 0.15) is 11.4 Å². The van der Waals surface area contributed by atoms with Crippen LogP contribution in [0.5, 0.6) is 0 Å². The van der Waals surface area contributed by atoms with E-state index >= 15 is 0 Å². The third-order valence-corrected chi connectivity index (χ3v) is 3.10.